The Morgan fingerprint density at radius 2 is 2.39 bits per heavy atom. The normalized spacial score (nSPS) is 13.0. The monoisotopic (exact) mass is 356 g/mol. The Hall–Kier alpha value is -2.20. The molecule has 0 radical (unpaired) electrons. The third-order valence-corrected chi connectivity index (χ3v) is 4.21. The number of hydrogen-bond acceptors (Lipinski definition) is 9. The summed E-state index contributed by atoms with van der Waals surface area (Å²) in [6.45, 7) is 1.72. The highest BCUT2D eigenvalue weighted by atomic mass is 32.2. The Balaban J connectivity index is 2.25. The van der Waals surface area contributed by atoms with Crippen molar-refractivity contribution in [3.05, 3.63) is 39.3 Å². The van der Waals surface area contributed by atoms with Crippen molar-refractivity contribution in [1.29, 1.82) is 0 Å². The Morgan fingerprint density at radius 1 is 1.65 bits per heavy atom. The predicted molar refractivity (Wildman–Crippen MR) is 90.5 cm³/mol. The summed E-state index contributed by atoms with van der Waals surface area (Å²) < 4.78 is 0.656. The molecule has 0 aliphatic carbocycles. The van der Waals surface area contributed by atoms with Gasteiger partial charge in [0.05, 0.1) is 6.20 Å². The fourth-order valence-electron chi connectivity index (χ4n) is 1.73. The highest BCUT2D eigenvalue weighted by Gasteiger charge is 2.19. The number of thioether (sulfide) groups is 1. The Kier molecular flexibility index (Phi) is 5.50. The molecule has 10 heteroatoms. The molecule has 8 nitrogen and oxygen atoms in total. The van der Waals surface area contributed by atoms with Gasteiger partial charge in [-0.1, -0.05) is 5.16 Å². The number of aromatic hydroxyl groups is 1. The summed E-state index contributed by atoms with van der Waals surface area (Å²) in [5, 5.41) is 25.4. The van der Waals surface area contributed by atoms with Gasteiger partial charge >= 0.3 is 0 Å². The van der Waals surface area contributed by atoms with Crippen LogP contribution in [0.5, 0.6) is 5.75 Å². The van der Waals surface area contributed by atoms with Crippen molar-refractivity contribution in [2.24, 2.45) is 5.16 Å². The van der Waals surface area contributed by atoms with Crippen LogP contribution in [0.4, 0.5) is 5.13 Å². The zero-order valence-electron chi connectivity index (χ0n) is 12.5. The first kappa shape index (κ1) is 17.2. The Morgan fingerprint density at radius 3 is 3.00 bits per heavy atom. The first-order valence-electron chi connectivity index (χ1n) is 6.48. The van der Waals surface area contributed by atoms with Crippen LogP contribution >= 0.6 is 23.1 Å². The maximum atomic E-state index is 11.6. The summed E-state index contributed by atoms with van der Waals surface area (Å²) in [5.41, 5.74) is 6.29. The second kappa shape index (κ2) is 7.38. The van der Waals surface area contributed by atoms with Crippen LogP contribution < -0.4 is 11.2 Å². The molecule has 0 saturated carbocycles. The molecular weight excluding hydrogens is 340 g/mol. The molecule has 1 unspecified atom stereocenters. The fourth-order valence-corrected chi connectivity index (χ4v) is 2.87. The van der Waals surface area contributed by atoms with E-state index in [1.807, 2.05) is 6.26 Å². The molecule has 2 aromatic heterocycles. The number of pyridine rings is 1. The standard InChI is InChI=1S/C13H16N4O4S2/c1-7(8-5-23-13(14)15-8)16-21-12(6-22-2)9-3-10(18)11(19)4-17(9)20/h3-5,12,19-20H,6H2,1-2H3,(H2,14,15)/b16-7+. The minimum atomic E-state index is -0.672. The number of oxime groups is 1. The maximum absolute atomic E-state index is 11.6. The van der Waals surface area contributed by atoms with E-state index in [2.05, 4.69) is 10.1 Å². The molecule has 2 heterocycles. The van der Waals surface area contributed by atoms with E-state index in [-0.39, 0.29) is 5.69 Å². The highest BCUT2D eigenvalue weighted by molar-refractivity contribution is 7.98. The van der Waals surface area contributed by atoms with E-state index < -0.39 is 17.3 Å². The van der Waals surface area contributed by atoms with Crippen molar-refractivity contribution in [2.45, 2.75) is 13.0 Å². The summed E-state index contributed by atoms with van der Waals surface area (Å²) in [6, 6.07) is 1.11. The van der Waals surface area contributed by atoms with Gasteiger partial charge in [-0.15, -0.1) is 11.3 Å². The van der Waals surface area contributed by atoms with Gasteiger partial charge in [-0.3, -0.25) is 4.79 Å². The summed E-state index contributed by atoms with van der Waals surface area (Å²) in [4.78, 5) is 21.1. The molecule has 124 valence electrons. The van der Waals surface area contributed by atoms with E-state index in [9.17, 15) is 15.1 Å². The molecular formula is C13H16N4O4S2. The molecule has 0 fully saturated rings. The lowest BCUT2D eigenvalue weighted by molar-refractivity contribution is 0.0500. The number of nitrogens with two attached hydrogens (primary N) is 1. The third-order valence-electron chi connectivity index (χ3n) is 2.90. The fraction of sp³-hybridized carbons (Fsp3) is 0.308. The first-order chi connectivity index (χ1) is 10.9. The number of thiazole rings is 1. The predicted octanol–water partition coefficient (Wildman–Crippen LogP) is 1.67. The SMILES string of the molecule is CSCC(O/N=C(\C)c1csc(N)n1)c1cc(=O)c(O)cn1O. The van der Waals surface area contributed by atoms with Gasteiger partial charge in [0, 0.05) is 17.2 Å². The molecule has 0 spiro atoms. The molecule has 0 amide bonds. The van der Waals surface area contributed by atoms with E-state index in [0.29, 0.717) is 27.0 Å². The summed E-state index contributed by atoms with van der Waals surface area (Å²) in [7, 11) is 0. The van der Waals surface area contributed by atoms with Crippen LogP contribution in [0.15, 0.2) is 27.6 Å². The quantitative estimate of drug-likeness (QED) is 0.409. The lowest BCUT2D eigenvalue weighted by Gasteiger charge is -2.16. The van der Waals surface area contributed by atoms with Gasteiger partial charge in [0.1, 0.15) is 17.1 Å². The summed E-state index contributed by atoms with van der Waals surface area (Å²) in [5.74, 6) is -0.0994. The molecule has 2 rings (SSSR count). The zero-order chi connectivity index (χ0) is 17.0. The number of nitrogen functional groups attached to an aromatic ring is 1. The molecule has 0 saturated heterocycles. The molecule has 1 atom stereocenters. The maximum Gasteiger partial charge on any atom is 0.223 e. The molecule has 2 aromatic rings. The van der Waals surface area contributed by atoms with Crippen LogP contribution in [-0.2, 0) is 4.84 Å². The second-order valence-corrected chi connectivity index (χ2v) is 6.39. The van der Waals surface area contributed by atoms with Crippen LogP contribution in [0.3, 0.4) is 0 Å². The number of aromatic nitrogens is 2. The Labute approximate surface area is 140 Å². The van der Waals surface area contributed by atoms with Crippen LogP contribution in [0, 0.1) is 0 Å². The van der Waals surface area contributed by atoms with Crippen molar-refractivity contribution < 1.29 is 15.2 Å². The van der Waals surface area contributed by atoms with E-state index >= 15 is 0 Å². The zero-order valence-corrected chi connectivity index (χ0v) is 14.1. The molecule has 0 aliphatic heterocycles. The lowest BCUT2D eigenvalue weighted by atomic mass is 10.2. The topological polar surface area (TPSA) is 123 Å². The molecule has 0 aromatic carbocycles. The molecule has 0 bridgehead atoms. The Bertz CT molecular complexity index is 772. The minimum absolute atomic E-state index is 0.191. The van der Waals surface area contributed by atoms with E-state index in [1.54, 1.807) is 12.3 Å². The van der Waals surface area contributed by atoms with Crippen LogP contribution in [0.2, 0.25) is 0 Å². The number of hydrogen-bond donors (Lipinski definition) is 3. The van der Waals surface area contributed by atoms with Crippen molar-refractivity contribution in [3.63, 3.8) is 0 Å². The van der Waals surface area contributed by atoms with Crippen LogP contribution in [-0.4, -0.2) is 37.7 Å². The number of nitrogens with zero attached hydrogens (tertiary/aromatic N) is 3. The summed E-state index contributed by atoms with van der Waals surface area (Å²) in [6.07, 6.45) is 2.11. The summed E-state index contributed by atoms with van der Waals surface area (Å²) >= 11 is 2.75. The highest BCUT2D eigenvalue weighted by Crippen LogP contribution is 2.22. The van der Waals surface area contributed by atoms with Crippen molar-refractivity contribution in [2.75, 3.05) is 17.7 Å². The van der Waals surface area contributed by atoms with Crippen molar-refractivity contribution >= 4 is 33.9 Å². The minimum Gasteiger partial charge on any atom is -0.503 e. The lowest BCUT2D eigenvalue weighted by Crippen LogP contribution is -2.17. The second-order valence-electron chi connectivity index (χ2n) is 4.59. The third kappa shape index (κ3) is 4.17. The van der Waals surface area contributed by atoms with Gasteiger partial charge in [-0.2, -0.15) is 16.5 Å². The van der Waals surface area contributed by atoms with Crippen LogP contribution in [0.1, 0.15) is 24.4 Å². The molecule has 23 heavy (non-hydrogen) atoms. The average Bonchev–Trinajstić information content (AvgIpc) is 2.94. The number of anilines is 1. The van der Waals surface area contributed by atoms with E-state index in [0.717, 1.165) is 12.3 Å². The smallest absolute Gasteiger partial charge is 0.223 e. The van der Waals surface area contributed by atoms with E-state index in [4.69, 9.17) is 10.6 Å². The number of rotatable bonds is 6. The van der Waals surface area contributed by atoms with Gasteiger partial charge in [0.25, 0.3) is 0 Å². The van der Waals surface area contributed by atoms with Crippen molar-refractivity contribution in [1.82, 2.24) is 9.71 Å². The van der Waals surface area contributed by atoms with E-state index in [1.165, 1.54) is 23.1 Å². The van der Waals surface area contributed by atoms with Gasteiger partial charge in [0.15, 0.2) is 17.0 Å². The van der Waals surface area contributed by atoms with Crippen LogP contribution in [0.25, 0.3) is 0 Å². The molecule has 0 aliphatic rings. The van der Waals surface area contributed by atoms with Gasteiger partial charge < -0.3 is 20.9 Å². The molecule has 4 N–H and O–H groups in total. The van der Waals surface area contributed by atoms with Gasteiger partial charge in [-0.05, 0) is 13.2 Å². The van der Waals surface area contributed by atoms with Crippen molar-refractivity contribution in [3.8, 4) is 5.75 Å². The largest absolute Gasteiger partial charge is 0.503 e. The van der Waals surface area contributed by atoms with Gasteiger partial charge in [-0.25, -0.2) is 4.98 Å². The first-order valence-corrected chi connectivity index (χ1v) is 8.75. The van der Waals surface area contributed by atoms with Gasteiger partial charge in [0.2, 0.25) is 5.43 Å². The average molecular weight is 356 g/mol.